The Hall–Kier alpha value is -1.52. The van der Waals surface area contributed by atoms with E-state index in [-0.39, 0.29) is 6.98 Å². The van der Waals surface area contributed by atoms with E-state index in [0.717, 1.165) is 22.8 Å². The van der Waals surface area contributed by atoms with Crippen LogP contribution < -0.4 is 0 Å². The SMILES string of the molecule is Cc1cc(C)n([B-]([C]2[CH][CH][CH][CH]2)n2nc(C)cc2C)n1. The fourth-order valence-corrected chi connectivity index (χ4v) is 2.73. The maximum Gasteiger partial charge on any atom is 0.137 e. The summed E-state index contributed by atoms with van der Waals surface area (Å²) in [7, 11) is 0. The summed E-state index contributed by atoms with van der Waals surface area (Å²) in [5.74, 6) is 1.20. The number of nitrogens with zero attached hydrogens (tertiary/aromatic N) is 4. The first-order valence-electron chi connectivity index (χ1n) is 6.83. The van der Waals surface area contributed by atoms with Gasteiger partial charge in [0.15, 0.2) is 0 Å². The number of hydrogen-bond donors (Lipinski definition) is 0. The van der Waals surface area contributed by atoms with Crippen molar-refractivity contribution in [3.63, 3.8) is 0 Å². The quantitative estimate of drug-likeness (QED) is 0.797. The highest BCUT2D eigenvalue weighted by molar-refractivity contribution is 6.63. The van der Waals surface area contributed by atoms with Crippen LogP contribution in [0.4, 0.5) is 0 Å². The first-order chi connectivity index (χ1) is 9.56. The third-order valence-electron chi connectivity index (χ3n) is 3.54. The van der Waals surface area contributed by atoms with Gasteiger partial charge < -0.3 is 9.19 Å². The molecule has 20 heavy (non-hydrogen) atoms. The van der Waals surface area contributed by atoms with Crippen LogP contribution in [0.15, 0.2) is 12.1 Å². The summed E-state index contributed by atoms with van der Waals surface area (Å²) in [6, 6.07) is 4.20. The van der Waals surface area contributed by atoms with Crippen molar-refractivity contribution in [1.29, 1.82) is 0 Å². The second-order valence-corrected chi connectivity index (χ2v) is 5.34. The predicted molar refractivity (Wildman–Crippen MR) is 80.4 cm³/mol. The van der Waals surface area contributed by atoms with E-state index in [4.69, 9.17) is 0 Å². The van der Waals surface area contributed by atoms with Gasteiger partial charge in [-0.15, -0.1) is 0 Å². The summed E-state index contributed by atoms with van der Waals surface area (Å²) in [5, 5.41) is 9.30. The van der Waals surface area contributed by atoms with Gasteiger partial charge in [0, 0.05) is 0 Å². The molecule has 0 N–H and O–H groups in total. The average Bonchev–Trinajstić information content (AvgIpc) is 3.05. The van der Waals surface area contributed by atoms with Crippen LogP contribution in [0.3, 0.4) is 0 Å². The molecule has 0 bridgehead atoms. The van der Waals surface area contributed by atoms with E-state index in [1.54, 1.807) is 0 Å². The Morgan fingerprint density at radius 3 is 1.60 bits per heavy atom. The number of hydrogen-bond acceptors (Lipinski definition) is 2. The summed E-state index contributed by atoms with van der Waals surface area (Å²) < 4.78 is 4.09. The Balaban J connectivity index is 2.08. The Bertz CT molecular complexity index is 561. The molecule has 0 saturated heterocycles. The van der Waals surface area contributed by atoms with Gasteiger partial charge in [-0.1, -0.05) is 12.8 Å². The summed E-state index contributed by atoms with van der Waals surface area (Å²) in [6.45, 7) is 8.19. The van der Waals surface area contributed by atoms with E-state index in [9.17, 15) is 0 Å². The number of rotatable bonds is 3. The van der Waals surface area contributed by atoms with Gasteiger partial charge in [-0.2, -0.15) is 5.82 Å². The van der Waals surface area contributed by atoms with Crippen molar-refractivity contribution in [2.24, 2.45) is 0 Å². The van der Waals surface area contributed by atoms with E-state index in [0.29, 0.717) is 0 Å². The van der Waals surface area contributed by atoms with Crippen molar-refractivity contribution in [1.82, 2.24) is 19.4 Å². The van der Waals surface area contributed by atoms with Crippen molar-refractivity contribution < 1.29 is 0 Å². The van der Waals surface area contributed by atoms with Crippen LogP contribution in [0.25, 0.3) is 0 Å². The molecule has 1 saturated carbocycles. The van der Waals surface area contributed by atoms with Crippen LogP contribution in [0, 0.1) is 59.2 Å². The highest BCUT2D eigenvalue weighted by Crippen LogP contribution is 2.28. The molecular formula is C15H18BN4-. The lowest BCUT2D eigenvalue weighted by atomic mass is 9.61. The lowest BCUT2D eigenvalue weighted by molar-refractivity contribution is 0.802. The summed E-state index contributed by atoms with van der Waals surface area (Å²) in [4.78, 5) is 0. The zero-order chi connectivity index (χ0) is 14.3. The molecule has 1 aliphatic rings. The van der Waals surface area contributed by atoms with E-state index < -0.39 is 0 Å². The minimum Gasteiger partial charge on any atom is -0.449 e. The predicted octanol–water partition coefficient (Wildman–Crippen LogP) is 2.14. The molecule has 5 heteroatoms. The smallest absolute Gasteiger partial charge is 0.137 e. The van der Waals surface area contributed by atoms with Crippen molar-refractivity contribution in [2.45, 2.75) is 27.7 Å². The lowest BCUT2D eigenvalue weighted by Crippen LogP contribution is -2.42. The van der Waals surface area contributed by atoms with Crippen molar-refractivity contribution in [3.05, 3.63) is 66.4 Å². The third-order valence-corrected chi connectivity index (χ3v) is 3.54. The second kappa shape index (κ2) is 5.11. The molecule has 102 valence electrons. The Labute approximate surface area is 121 Å². The molecule has 0 aliphatic heterocycles. The minimum absolute atomic E-state index is 0.0209. The molecule has 0 atom stereocenters. The van der Waals surface area contributed by atoms with E-state index >= 15 is 0 Å². The molecular weight excluding hydrogens is 247 g/mol. The maximum atomic E-state index is 4.65. The van der Waals surface area contributed by atoms with Gasteiger partial charge in [-0.05, 0) is 64.1 Å². The standard InChI is InChI=1S/C15H18BN4/c1-11-9-13(3)19(17-11)16(15-7-5-6-8-15)20-14(4)10-12(2)18-20/h5-10H,1-4H3/q-1. The van der Waals surface area contributed by atoms with Crippen LogP contribution in [-0.4, -0.2) is 26.4 Å². The molecule has 4 nitrogen and oxygen atoms in total. The first kappa shape index (κ1) is 13.5. The molecule has 0 aromatic carbocycles. The monoisotopic (exact) mass is 265 g/mol. The normalized spacial score (nSPS) is 16.4. The molecule has 2 aromatic rings. The second-order valence-electron chi connectivity index (χ2n) is 5.34. The third kappa shape index (κ3) is 2.30. The fourth-order valence-electron chi connectivity index (χ4n) is 2.73. The van der Waals surface area contributed by atoms with E-state index in [2.05, 4.69) is 61.9 Å². The van der Waals surface area contributed by atoms with Gasteiger partial charge in [0.05, 0.1) is 11.4 Å². The molecule has 0 amide bonds. The Kier molecular flexibility index (Phi) is 3.44. The molecule has 0 unspecified atom stereocenters. The highest BCUT2D eigenvalue weighted by atomic mass is 15.4. The summed E-state index contributed by atoms with van der Waals surface area (Å²) in [5.41, 5.74) is 4.34. The van der Waals surface area contributed by atoms with Gasteiger partial charge in [0.1, 0.15) is 6.98 Å². The zero-order valence-electron chi connectivity index (χ0n) is 12.3. The van der Waals surface area contributed by atoms with Gasteiger partial charge >= 0.3 is 0 Å². The van der Waals surface area contributed by atoms with Crippen LogP contribution in [0.1, 0.15) is 22.8 Å². The van der Waals surface area contributed by atoms with Crippen molar-refractivity contribution in [3.8, 4) is 0 Å². The van der Waals surface area contributed by atoms with E-state index in [1.165, 1.54) is 5.82 Å². The first-order valence-corrected chi connectivity index (χ1v) is 6.83. The molecule has 6 radical (unpaired) electrons. The van der Waals surface area contributed by atoms with Crippen molar-refractivity contribution in [2.75, 3.05) is 0 Å². The number of aryl methyl sites for hydroxylation is 4. The molecule has 2 aromatic heterocycles. The molecule has 1 fully saturated rings. The van der Waals surface area contributed by atoms with Crippen LogP contribution in [-0.2, 0) is 0 Å². The van der Waals surface area contributed by atoms with Crippen LogP contribution in [0.2, 0.25) is 0 Å². The van der Waals surface area contributed by atoms with Crippen molar-refractivity contribution >= 4 is 6.98 Å². The van der Waals surface area contributed by atoms with E-state index in [1.807, 2.05) is 23.0 Å². The molecule has 2 heterocycles. The number of aromatic nitrogens is 4. The van der Waals surface area contributed by atoms with Crippen LogP contribution in [0.5, 0.6) is 0 Å². The minimum atomic E-state index is -0.0209. The van der Waals surface area contributed by atoms with Gasteiger partial charge in [-0.3, -0.25) is 0 Å². The van der Waals surface area contributed by atoms with Crippen LogP contribution >= 0.6 is 0 Å². The summed E-state index contributed by atoms with van der Waals surface area (Å²) in [6.07, 6.45) is 8.36. The zero-order valence-corrected chi connectivity index (χ0v) is 12.3. The lowest BCUT2D eigenvalue weighted by Gasteiger charge is -2.37. The van der Waals surface area contributed by atoms with Gasteiger partial charge in [0.2, 0.25) is 0 Å². The Morgan fingerprint density at radius 2 is 1.25 bits per heavy atom. The molecule has 1 aliphatic carbocycles. The largest absolute Gasteiger partial charge is 0.449 e. The highest BCUT2D eigenvalue weighted by Gasteiger charge is 2.23. The summed E-state index contributed by atoms with van der Waals surface area (Å²) >= 11 is 0. The topological polar surface area (TPSA) is 35.6 Å². The maximum absolute atomic E-state index is 4.65. The average molecular weight is 265 g/mol. The Morgan fingerprint density at radius 1 is 0.800 bits per heavy atom. The van der Waals surface area contributed by atoms with Gasteiger partial charge in [0.25, 0.3) is 0 Å². The molecule has 0 spiro atoms. The fraction of sp³-hybridized carbons (Fsp3) is 0.267. The molecule has 3 rings (SSSR count). The van der Waals surface area contributed by atoms with Gasteiger partial charge in [-0.25, -0.2) is 10.2 Å².